The molecule has 21 heavy (non-hydrogen) atoms. The smallest absolute Gasteiger partial charge is 0.0724 e. The Bertz CT molecular complexity index is 809. The lowest BCUT2D eigenvalue weighted by molar-refractivity contribution is 1.37. The van der Waals surface area contributed by atoms with E-state index in [-0.39, 0.29) is 0 Å². The van der Waals surface area contributed by atoms with Gasteiger partial charge in [-0.25, -0.2) is 4.98 Å². The van der Waals surface area contributed by atoms with Crippen LogP contribution in [0.15, 0.2) is 54.6 Å². The van der Waals surface area contributed by atoms with E-state index in [9.17, 15) is 0 Å². The van der Waals surface area contributed by atoms with E-state index in [1.54, 1.807) is 0 Å². The molecule has 0 amide bonds. The topological polar surface area (TPSA) is 12.9 Å². The normalized spacial score (nSPS) is 11.3. The lowest BCUT2D eigenvalue weighted by atomic mass is 10.1. The minimum absolute atomic E-state index is 0.522. The fourth-order valence-corrected chi connectivity index (χ4v) is 2.49. The van der Waals surface area contributed by atoms with Gasteiger partial charge in [-0.05, 0) is 35.4 Å². The fourth-order valence-electron chi connectivity index (χ4n) is 2.16. The molecule has 0 aliphatic heterocycles. The minimum atomic E-state index is 0.522. The quantitative estimate of drug-likeness (QED) is 0.557. The van der Waals surface area contributed by atoms with Crippen LogP contribution in [0.25, 0.3) is 23.1 Å². The van der Waals surface area contributed by atoms with Crippen molar-refractivity contribution in [1.29, 1.82) is 0 Å². The number of aromatic nitrogens is 1. The highest BCUT2D eigenvalue weighted by Gasteiger charge is 1.98. The first-order valence-corrected chi connectivity index (χ1v) is 7.55. The van der Waals surface area contributed by atoms with Crippen molar-refractivity contribution >= 4 is 46.3 Å². The van der Waals surface area contributed by atoms with Crippen molar-refractivity contribution in [3.05, 3.63) is 76.4 Å². The molecule has 1 nitrogen and oxygen atoms in total. The van der Waals surface area contributed by atoms with Crippen molar-refractivity contribution in [2.24, 2.45) is 0 Å². The maximum Gasteiger partial charge on any atom is 0.0724 e. The number of hydrogen-bond donors (Lipinski definition) is 0. The lowest BCUT2D eigenvalue weighted by Crippen LogP contribution is -1.83. The van der Waals surface area contributed by atoms with Gasteiger partial charge in [-0.15, -0.1) is 11.6 Å². The Labute approximate surface area is 133 Å². The molecular weight excluding hydrogens is 301 g/mol. The molecule has 2 aromatic carbocycles. The first-order chi connectivity index (χ1) is 10.2. The molecule has 0 bridgehead atoms. The van der Waals surface area contributed by atoms with Gasteiger partial charge in [0.05, 0.1) is 11.2 Å². The van der Waals surface area contributed by atoms with Crippen LogP contribution in [-0.2, 0) is 5.88 Å². The summed E-state index contributed by atoms with van der Waals surface area (Å²) in [5.74, 6) is 0.522. The van der Waals surface area contributed by atoms with Crippen LogP contribution in [0.2, 0.25) is 5.02 Å². The second kappa shape index (κ2) is 6.30. The molecule has 0 N–H and O–H groups in total. The summed E-state index contributed by atoms with van der Waals surface area (Å²) in [7, 11) is 0. The lowest BCUT2D eigenvalue weighted by Gasteiger charge is -2.00. The van der Waals surface area contributed by atoms with E-state index in [0.29, 0.717) is 10.9 Å². The van der Waals surface area contributed by atoms with Crippen LogP contribution in [0.4, 0.5) is 0 Å². The average molecular weight is 314 g/mol. The number of halogens is 2. The van der Waals surface area contributed by atoms with Crippen LogP contribution in [0.1, 0.15) is 16.8 Å². The highest BCUT2D eigenvalue weighted by atomic mass is 35.5. The fraction of sp³-hybridized carbons (Fsp3) is 0.0556. The van der Waals surface area contributed by atoms with E-state index in [2.05, 4.69) is 11.1 Å². The molecule has 0 unspecified atom stereocenters. The zero-order valence-electron chi connectivity index (χ0n) is 11.3. The van der Waals surface area contributed by atoms with Crippen molar-refractivity contribution in [2.45, 2.75) is 5.88 Å². The third-order valence-electron chi connectivity index (χ3n) is 3.23. The minimum Gasteiger partial charge on any atom is -0.248 e. The molecule has 1 aromatic heterocycles. The summed E-state index contributed by atoms with van der Waals surface area (Å²) in [5, 5.41) is 1.78. The molecule has 0 saturated carbocycles. The molecule has 0 atom stereocenters. The van der Waals surface area contributed by atoms with Gasteiger partial charge in [0, 0.05) is 16.3 Å². The van der Waals surface area contributed by atoms with Gasteiger partial charge < -0.3 is 0 Å². The molecule has 3 aromatic rings. The summed E-state index contributed by atoms with van der Waals surface area (Å²) in [6, 6.07) is 17.9. The highest BCUT2D eigenvalue weighted by molar-refractivity contribution is 6.31. The number of fused-ring (bicyclic) bond motifs is 1. The third-order valence-corrected chi connectivity index (χ3v) is 3.77. The van der Waals surface area contributed by atoms with E-state index in [0.717, 1.165) is 27.7 Å². The third kappa shape index (κ3) is 3.44. The van der Waals surface area contributed by atoms with Crippen molar-refractivity contribution in [3.63, 3.8) is 0 Å². The van der Waals surface area contributed by atoms with Crippen LogP contribution in [0, 0.1) is 0 Å². The van der Waals surface area contributed by atoms with E-state index in [1.807, 2.05) is 60.7 Å². The van der Waals surface area contributed by atoms with Gasteiger partial charge >= 0.3 is 0 Å². The summed E-state index contributed by atoms with van der Waals surface area (Å²) in [5.41, 5.74) is 4.03. The second-order valence-electron chi connectivity index (χ2n) is 4.79. The highest BCUT2D eigenvalue weighted by Crippen LogP contribution is 2.19. The standard InChI is InChI=1S/C18H13Cl2N/c19-12-14-3-1-2-13(10-14)4-8-17-9-6-15-5-7-16(20)11-18(15)21-17/h1-11H,12H2. The first kappa shape index (κ1) is 14.1. The second-order valence-corrected chi connectivity index (χ2v) is 5.49. The largest absolute Gasteiger partial charge is 0.248 e. The van der Waals surface area contributed by atoms with Crippen LogP contribution in [0.5, 0.6) is 0 Å². The molecule has 3 rings (SSSR count). The maximum atomic E-state index is 6.01. The molecule has 0 aliphatic carbocycles. The van der Waals surface area contributed by atoms with E-state index < -0.39 is 0 Å². The Morgan fingerprint density at radius 3 is 2.67 bits per heavy atom. The van der Waals surface area contributed by atoms with Crippen molar-refractivity contribution in [2.75, 3.05) is 0 Å². The van der Waals surface area contributed by atoms with Crippen molar-refractivity contribution in [1.82, 2.24) is 4.98 Å². The number of benzene rings is 2. The molecule has 0 saturated heterocycles. The van der Waals surface area contributed by atoms with Gasteiger partial charge in [0.15, 0.2) is 0 Å². The van der Waals surface area contributed by atoms with Gasteiger partial charge in [-0.3, -0.25) is 0 Å². The number of alkyl halides is 1. The molecule has 0 fully saturated rings. The Morgan fingerprint density at radius 2 is 1.81 bits per heavy atom. The van der Waals surface area contributed by atoms with Gasteiger partial charge in [0.1, 0.15) is 0 Å². The molecule has 3 heteroatoms. The van der Waals surface area contributed by atoms with Crippen LogP contribution >= 0.6 is 23.2 Å². The molecule has 1 heterocycles. The van der Waals surface area contributed by atoms with Crippen molar-refractivity contribution in [3.8, 4) is 0 Å². The summed E-state index contributed by atoms with van der Waals surface area (Å²) in [6.07, 6.45) is 4.03. The van der Waals surface area contributed by atoms with E-state index >= 15 is 0 Å². The van der Waals surface area contributed by atoms with Crippen LogP contribution in [-0.4, -0.2) is 4.98 Å². The number of hydrogen-bond acceptors (Lipinski definition) is 1. The Kier molecular flexibility index (Phi) is 4.23. The Balaban J connectivity index is 1.91. The number of pyridine rings is 1. The molecule has 0 aliphatic rings. The van der Waals surface area contributed by atoms with E-state index in [1.165, 1.54) is 0 Å². The summed E-state index contributed by atoms with van der Waals surface area (Å²) in [6.45, 7) is 0. The van der Waals surface area contributed by atoms with E-state index in [4.69, 9.17) is 23.2 Å². The molecule has 104 valence electrons. The molecule has 0 spiro atoms. The van der Waals surface area contributed by atoms with Gasteiger partial charge in [0.2, 0.25) is 0 Å². The van der Waals surface area contributed by atoms with Crippen LogP contribution < -0.4 is 0 Å². The maximum absolute atomic E-state index is 6.01. The number of rotatable bonds is 3. The van der Waals surface area contributed by atoms with Gasteiger partial charge in [-0.2, -0.15) is 0 Å². The summed E-state index contributed by atoms with van der Waals surface area (Å²) < 4.78 is 0. The predicted octanol–water partition coefficient (Wildman–Crippen LogP) is 5.80. The van der Waals surface area contributed by atoms with Crippen LogP contribution in [0.3, 0.4) is 0 Å². The zero-order valence-corrected chi connectivity index (χ0v) is 12.8. The zero-order chi connectivity index (χ0) is 14.7. The Hall–Kier alpha value is -1.83. The van der Waals surface area contributed by atoms with Gasteiger partial charge in [-0.1, -0.05) is 54.1 Å². The number of nitrogens with zero attached hydrogens (tertiary/aromatic N) is 1. The SMILES string of the molecule is ClCc1cccc(C=Cc2ccc3ccc(Cl)cc3n2)c1. The average Bonchev–Trinajstić information content (AvgIpc) is 2.52. The summed E-state index contributed by atoms with van der Waals surface area (Å²) in [4.78, 5) is 4.60. The Morgan fingerprint density at radius 1 is 0.952 bits per heavy atom. The van der Waals surface area contributed by atoms with Gasteiger partial charge in [0.25, 0.3) is 0 Å². The monoisotopic (exact) mass is 313 g/mol. The molecule has 0 radical (unpaired) electrons. The van der Waals surface area contributed by atoms with Crippen molar-refractivity contribution < 1.29 is 0 Å². The predicted molar refractivity (Wildman–Crippen MR) is 91.7 cm³/mol. The summed E-state index contributed by atoms with van der Waals surface area (Å²) >= 11 is 11.9. The first-order valence-electron chi connectivity index (χ1n) is 6.64. The molecular formula is C18H13Cl2N.